The van der Waals surface area contributed by atoms with Crippen molar-refractivity contribution in [3.8, 4) is 11.8 Å². The molecule has 1 saturated carbocycles. The van der Waals surface area contributed by atoms with E-state index >= 15 is 0 Å². The Kier molecular flexibility index (Phi) is 8.79. The quantitative estimate of drug-likeness (QED) is 0.364. The first-order valence-corrected chi connectivity index (χ1v) is 12.3. The number of rotatable bonds is 8. The highest BCUT2D eigenvalue weighted by molar-refractivity contribution is 5.86. The molecule has 1 aromatic rings. The molecule has 0 radical (unpaired) electrons. The zero-order valence-corrected chi connectivity index (χ0v) is 21.6. The summed E-state index contributed by atoms with van der Waals surface area (Å²) in [6, 6.07) is 2.55. The van der Waals surface area contributed by atoms with Crippen LogP contribution < -0.4 is 16.4 Å². The molecular formula is C26H37N5O5. The van der Waals surface area contributed by atoms with Gasteiger partial charge in [0.05, 0.1) is 12.7 Å². The molecule has 2 amide bonds. The number of nitrogens with zero attached hydrogens (tertiary/aromatic N) is 2. The van der Waals surface area contributed by atoms with Gasteiger partial charge in [0.1, 0.15) is 17.5 Å². The second-order valence-electron chi connectivity index (χ2n) is 10.5. The highest BCUT2D eigenvalue weighted by Gasteiger charge is 2.55. The first kappa shape index (κ1) is 27.3. The van der Waals surface area contributed by atoms with Crippen molar-refractivity contribution in [2.45, 2.75) is 70.6 Å². The minimum atomic E-state index is -0.894. The standard InChI is InChI=1S/C26H37N5O5/c1-25(2,3)36-24(34)29-19(10-5-8-18-9-6-14-28-22(18)27)23(33)30-20-16-31(17-26(20)12-13-26)15-7-11-21(32)35-4/h6,9,14,19-20H,7,10-13,15-17H2,1-4H3,(H2,27,28)(H,29,34)(H,30,33)/t19-,20-/m0/s1. The van der Waals surface area contributed by atoms with E-state index in [1.807, 2.05) is 0 Å². The van der Waals surface area contributed by atoms with E-state index in [9.17, 15) is 14.4 Å². The Morgan fingerprint density at radius 3 is 2.72 bits per heavy atom. The summed E-state index contributed by atoms with van der Waals surface area (Å²) in [7, 11) is 1.39. The maximum absolute atomic E-state index is 13.3. The van der Waals surface area contributed by atoms with Crippen LogP contribution in [0.4, 0.5) is 10.6 Å². The third-order valence-corrected chi connectivity index (χ3v) is 6.39. The molecule has 2 heterocycles. The maximum Gasteiger partial charge on any atom is 0.408 e. The molecule has 0 bridgehead atoms. The zero-order chi connectivity index (χ0) is 26.3. The number of alkyl carbamates (subject to hydrolysis) is 1. The number of amides is 2. The fourth-order valence-corrected chi connectivity index (χ4v) is 4.36. The number of pyridine rings is 1. The highest BCUT2D eigenvalue weighted by Crippen LogP contribution is 2.52. The maximum atomic E-state index is 13.3. The molecule has 1 aliphatic heterocycles. The van der Waals surface area contributed by atoms with Crippen LogP contribution in [0.3, 0.4) is 0 Å². The van der Waals surface area contributed by atoms with Crippen LogP contribution in [0.1, 0.15) is 58.4 Å². The van der Waals surface area contributed by atoms with Crippen LogP contribution in [0, 0.1) is 17.3 Å². The van der Waals surface area contributed by atoms with E-state index < -0.39 is 17.7 Å². The van der Waals surface area contributed by atoms with Crippen molar-refractivity contribution >= 4 is 23.8 Å². The molecule has 10 nitrogen and oxygen atoms in total. The normalized spacial score (nSPS) is 19.1. The number of nitrogens with one attached hydrogen (secondary N) is 2. The predicted octanol–water partition coefficient (Wildman–Crippen LogP) is 1.83. The number of hydrogen-bond acceptors (Lipinski definition) is 8. The summed E-state index contributed by atoms with van der Waals surface area (Å²) in [6.45, 7) is 7.62. The van der Waals surface area contributed by atoms with Crippen LogP contribution in [-0.4, -0.2) is 72.3 Å². The van der Waals surface area contributed by atoms with Crippen LogP contribution >= 0.6 is 0 Å². The Bertz CT molecular complexity index is 1020. The van der Waals surface area contributed by atoms with Gasteiger partial charge in [-0.2, -0.15) is 0 Å². The summed E-state index contributed by atoms with van der Waals surface area (Å²) in [5.41, 5.74) is 5.76. The lowest BCUT2D eigenvalue weighted by molar-refractivity contribution is -0.140. The van der Waals surface area contributed by atoms with E-state index in [0.717, 1.165) is 25.9 Å². The van der Waals surface area contributed by atoms with Crippen molar-refractivity contribution in [2.24, 2.45) is 5.41 Å². The number of nitrogens with two attached hydrogens (primary N) is 1. The number of likely N-dealkylation sites (tertiary alicyclic amines) is 1. The summed E-state index contributed by atoms with van der Waals surface area (Å²) in [5, 5.41) is 5.83. The molecule has 4 N–H and O–H groups in total. The zero-order valence-electron chi connectivity index (χ0n) is 21.6. The Balaban J connectivity index is 1.64. The molecule has 0 aromatic carbocycles. The van der Waals surface area contributed by atoms with E-state index in [2.05, 4.69) is 32.4 Å². The van der Waals surface area contributed by atoms with Crippen molar-refractivity contribution in [3.63, 3.8) is 0 Å². The summed E-state index contributed by atoms with van der Waals surface area (Å²) in [4.78, 5) is 43.5. The number of hydrogen-bond donors (Lipinski definition) is 3. The van der Waals surface area contributed by atoms with Crippen molar-refractivity contribution in [2.75, 3.05) is 32.5 Å². The monoisotopic (exact) mass is 499 g/mol. The van der Waals surface area contributed by atoms with Crippen LogP contribution in [0.2, 0.25) is 0 Å². The van der Waals surface area contributed by atoms with Crippen LogP contribution in [-0.2, 0) is 19.1 Å². The topological polar surface area (TPSA) is 136 Å². The van der Waals surface area contributed by atoms with Crippen LogP contribution in [0.5, 0.6) is 0 Å². The van der Waals surface area contributed by atoms with Gasteiger partial charge in [-0.3, -0.25) is 9.59 Å². The first-order chi connectivity index (χ1) is 17.0. The lowest BCUT2D eigenvalue weighted by atomic mass is 10.00. The van der Waals surface area contributed by atoms with Gasteiger partial charge >= 0.3 is 12.1 Å². The Morgan fingerprint density at radius 1 is 1.33 bits per heavy atom. The molecule has 36 heavy (non-hydrogen) atoms. The second-order valence-corrected chi connectivity index (χ2v) is 10.5. The van der Waals surface area contributed by atoms with Gasteiger partial charge in [-0.15, -0.1) is 0 Å². The number of carbonyl (C=O) groups is 3. The van der Waals surface area contributed by atoms with E-state index in [-0.39, 0.29) is 29.8 Å². The number of aromatic nitrogens is 1. The summed E-state index contributed by atoms with van der Waals surface area (Å²) < 4.78 is 10.1. The number of carbonyl (C=O) groups excluding carboxylic acids is 3. The van der Waals surface area contributed by atoms with Gasteiger partial charge in [-0.25, -0.2) is 9.78 Å². The third kappa shape index (κ3) is 7.85. The second kappa shape index (κ2) is 11.6. The summed E-state index contributed by atoms with van der Waals surface area (Å²) in [5.74, 6) is 5.67. The molecule has 10 heteroatoms. The number of ether oxygens (including phenoxy) is 2. The van der Waals surface area contributed by atoms with Crippen molar-refractivity contribution in [3.05, 3.63) is 23.9 Å². The fourth-order valence-electron chi connectivity index (χ4n) is 4.36. The lowest BCUT2D eigenvalue weighted by Gasteiger charge is -2.25. The Labute approximate surface area is 212 Å². The minimum Gasteiger partial charge on any atom is -0.469 e. The largest absolute Gasteiger partial charge is 0.469 e. The highest BCUT2D eigenvalue weighted by atomic mass is 16.6. The molecule has 1 aromatic heterocycles. The predicted molar refractivity (Wildman–Crippen MR) is 135 cm³/mol. The first-order valence-electron chi connectivity index (χ1n) is 12.3. The average Bonchev–Trinajstić information content (AvgIpc) is 3.49. The smallest absolute Gasteiger partial charge is 0.408 e. The Hall–Kier alpha value is -3.32. The van der Waals surface area contributed by atoms with E-state index in [0.29, 0.717) is 30.8 Å². The van der Waals surface area contributed by atoms with Crippen molar-refractivity contribution in [1.82, 2.24) is 20.5 Å². The molecule has 3 rings (SSSR count). The molecule has 196 valence electrons. The number of methoxy groups -OCH3 is 1. The van der Waals surface area contributed by atoms with Crippen LogP contribution in [0.15, 0.2) is 18.3 Å². The van der Waals surface area contributed by atoms with Gasteiger partial charge in [0.25, 0.3) is 0 Å². The molecule has 1 aliphatic carbocycles. The summed E-state index contributed by atoms with van der Waals surface area (Å²) >= 11 is 0. The van der Waals surface area contributed by atoms with Gasteiger partial charge in [0.2, 0.25) is 5.91 Å². The van der Waals surface area contributed by atoms with Crippen molar-refractivity contribution < 1.29 is 23.9 Å². The van der Waals surface area contributed by atoms with E-state index in [1.165, 1.54) is 7.11 Å². The molecular weight excluding hydrogens is 462 g/mol. The van der Waals surface area contributed by atoms with Gasteiger partial charge in [-0.1, -0.05) is 11.8 Å². The fraction of sp³-hybridized carbons (Fsp3) is 0.615. The molecule has 1 saturated heterocycles. The van der Waals surface area contributed by atoms with E-state index in [1.54, 1.807) is 39.1 Å². The van der Waals surface area contributed by atoms with Crippen molar-refractivity contribution in [1.29, 1.82) is 0 Å². The summed E-state index contributed by atoms with van der Waals surface area (Å²) in [6.07, 6.45) is 4.14. The van der Waals surface area contributed by atoms with Gasteiger partial charge in [0, 0.05) is 43.6 Å². The van der Waals surface area contributed by atoms with Crippen LogP contribution in [0.25, 0.3) is 0 Å². The van der Waals surface area contributed by atoms with E-state index in [4.69, 9.17) is 15.2 Å². The molecule has 0 unspecified atom stereocenters. The lowest BCUT2D eigenvalue weighted by Crippen LogP contribution is -2.52. The van der Waals surface area contributed by atoms with Gasteiger partial charge < -0.3 is 30.7 Å². The molecule has 2 atom stereocenters. The molecule has 2 aliphatic rings. The number of anilines is 1. The molecule has 2 fully saturated rings. The molecule has 1 spiro atoms. The van der Waals surface area contributed by atoms with Gasteiger partial charge in [-0.05, 0) is 58.7 Å². The number of nitrogen functional groups attached to an aromatic ring is 1. The average molecular weight is 500 g/mol. The number of esters is 1. The third-order valence-electron chi connectivity index (χ3n) is 6.39. The van der Waals surface area contributed by atoms with Gasteiger partial charge in [0.15, 0.2) is 0 Å². The minimum absolute atomic E-state index is 0.0343. The Morgan fingerprint density at radius 2 is 2.08 bits per heavy atom. The SMILES string of the molecule is COC(=O)CCCN1C[C@H](NC(=O)[C@H](CC#Cc2cccnc2N)NC(=O)OC(C)(C)C)C2(CC2)C1.